The molecule has 1 heterocycles. The quantitative estimate of drug-likeness (QED) is 0.454. The van der Waals surface area contributed by atoms with Crippen molar-refractivity contribution in [1.82, 2.24) is 4.98 Å². The topological polar surface area (TPSA) is 65.3 Å². The highest BCUT2D eigenvalue weighted by atomic mass is 16.6. The van der Waals surface area contributed by atoms with Crippen LogP contribution in [0.3, 0.4) is 0 Å². The second-order valence-corrected chi connectivity index (χ2v) is 4.05. The van der Waals surface area contributed by atoms with E-state index in [1.54, 1.807) is 0 Å². The molecule has 19 heavy (non-hydrogen) atoms. The van der Waals surface area contributed by atoms with Gasteiger partial charge in [0.1, 0.15) is 6.20 Å². The van der Waals surface area contributed by atoms with Gasteiger partial charge in [-0.2, -0.15) is 0 Å². The van der Waals surface area contributed by atoms with Crippen molar-refractivity contribution in [3.8, 4) is 5.88 Å². The molecule has 0 saturated carbocycles. The number of hydrogen-bond acceptors (Lipinski definition) is 4. The van der Waals surface area contributed by atoms with Crippen molar-refractivity contribution in [3.05, 3.63) is 64.3 Å². The van der Waals surface area contributed by atoms with Crippen LogP contribution in [-0.4, -0.2) is 16.5 Å². The van der Waals surface area contributed by atoms with Gasteiger partial charge in [-0.25, -0.2) is 4.98 Å². The lowest BCUT2D eigenvalue weighted by atomic mass is 10.1. The minimum Gasteiger partial charge on any atom is -0.478 e. The van der Waals surface area contributed by atoms with E-state index >= 15 is 0 Å². The number of nitro groups is 1. The van der Waals surface area contributed by atoms with Crippen molar-refractivity contribution in [3.63, 3.8) is 0 Å². The van der Waals surface area contributed by atoms with Crippen molar-refractivity contribution in [2.24, 2.45) is 0 Å². The van der Waals surface area contributed by atoms with Gasteiger partial charge in [0.15, 0.2) is 0 Å². The van der Waals surface area contributed by atoms with Crippen molar-refractivity contribution in [2.75, 3.05) is 6.61 Å². The van der Waals surface area contributed by atoms with Crippen LogP contribution >= 0.6 is 0 Å². The van der Waals surface area contributed by atoms with E-state index in [0.29, 0.717) is 12.5 Å². The molecular formula is C14H14N2O3. The second kappa shape index (κ2) is 6.49. The van der Waals surface area contributed by atoms with Crippen LogP contribution < -0.4 is 4.74 Å². The maximum absolute atomic E-state index is 10.5. The highest BCUT2D eigenvalue weighted by Crippen LogP contribution is 2.13. The van der Waals surface area contributed by atoms with Crippen molar-refractivity contribution in [2.45, 2.75) is 12.8 Å². The predicted octanol–water partition coefficient (Wildman–Crippen LogP) is 3.00. The molecule has 0 aliphatic heterocycles. The number of benzene rings is 1. The van der Waals surface area contributed by atoms with Crippen molar-refractivity contribution < 1.29 is 9.66 Å². The Hall–Kier alpha value is -2.43. The lowest BCUT2D eigenvalue weighted by Gasteiger charge is -2.04. The summed E-state index contributed by atoms with van der Waals surface area (Å²) >= 11 is 0. The third-order valence-corrected chi connectivity index (χ3v) is 2.63. The van der Waals surface area contributed by atoms with Gasteiger partial charge in [0, 0.05) is 12.1 Å². The van der Waals surface area contributed by atoms with Crippen LogP contribution in [0.25, 0.3) is 0 Å². The summed E-state index contributed by atoms with van der Waals surface area (Å²) < 4.78 is 5.43. The SMILES string of the molecule is O=[N+]([O-])c1ccc(OCCCc2ccccc2)nc1. The molecule has 0 aliphatic rings. The molecule has 0 spiro atoms. The van der Waals surface area contributed by atoms with Gasteiger partial charge >= 0.3 is 0 Å². The predicted molar refractivity (Wildman–Crippen MR) is 71.1 cm³/mol. The Kier molecular flexibility index (Phi) is 4.44. The Balaban J connectivity index is 1.75. The molecule has 0 bridgehead atoms. The number of pyridine rings is 1. The molecule has 2 aromatic rings. The maximum Gasteiger partial charge on any atom is 0.287 e. The summed E-state index contributed by atoms with van der Waals surface area (Å²) in [6.45, 7) is 0.541. The number of aryl methyl sites for hydroxylation is 1. The Labute approximate surface area is 111 Å². The van der Waals surface area contributed by atoms with Gasteiger partial charge in [-0.1, -0.05) is 30.3 Å². The first-order chi connectivity index (χ1) is 9.25. The van der Waals surface area contributed by atoms with Crippen LogP contribution in [0.1, 0.15) is 12.0 Å². The smallest absolute Gasteiger partial charge is 0.287 e. The van der Waals surface area contributed by atoms with Crippen LogP contribution in [0.5, 0.6) is 5.88 Å². The van der Waals surface area contributed by atoms with Gasteiger partial charge in [-0.15, -0.1) is 0 Å². The first kappa shape index (κ1) is 13.0. The fraction of sp³-hybridized carbons (Fsp3) is 0.214. The van der Waals surface area contributed by atoms with E-state index in [1.165, 1.54) is 23.9 Å². The maximum atomic E-state index is 10.5. The summed E-state index contributed by atoms with van der Waals surface area (Å²) in [7, 11) is 0. The molecular weight excluding hydrogens is 244 g/mol. The molecule has 2 rings (SSSR count). The summed E-state index contributed by atoms with van der Waals surface area (Å²) in [5.74, 6) is 0.415. The largest absolute Gasteiger partial charge is 0.478 e. The van der Waals surface area contributed by atoms with Crippen LogP contribution in [0.4, 0.5) is 5.69 Å². The average molecular weight is 258 g/mol. The Morgan fingerprint density at radius 2 is 1.95 bits per heavy atom. The molecule has 0 amide bonds. The number of ether oxygens (including phenoxy) is 1. The van der Waals surface area contributed by atoms with Gasteiger partial charge in [0.05, 0.1) is 11.5 Å². The molecule has 5 nitrogen and oxygen atoms in total. The van der Waals surface area contributed by atoms with E-state index in [4.69, 9.17) is 4.74 Å². The fourth-order valence-electron chi connectivity index (χ4n) is 1.66. The van der Waals surface area contributed by atoms with Gasteiger partial charge in [0.2, 0.25) is 5.88 Å². The highest BCUT2D eigenvalue weighted by Gasteiger charge is 2.05. The van der Waals surface area contributed by atoms with E-state index < -0.39 is 4.92 Å². The summed E-state index contributed by atoms with van der Waals surface area (Å²) in [5, 5.41) is 10.5. The minimum atomic E-state index is -0.480. The number of aromatic nitrogens is 1. The molecule has 0 atom stereocenters. The Bertz CT molecular complexity index is 526. The molecule has 0 saturated heterocycles. The number of rotatable bonds is 6. The van der Waals surface area contributed by atoms with E-state index in [2.05, 4.69) is 17.1 Å². The monoisotopic (exact) mass is 258 g/mol. The highest BCUT2D eigenvalue weighted by molar-refractivity contribution is 5.28. The van der Waals surface area contributed by atoms with Crippen LogP contribution in [-0.2, 0) is 6.42 Å². The zero-order valence-electron chi connectivity index (χ0n) is 10.4. The van der Waals surface area contributed by atoms with Crippen LogP contribution in [0, 0.1) is 10.1 Å². The Morgan fingerprint density at radius 3 is 2.58 bits per heavy atom. The van der Waals surface area contributed by atoms with Crippen molar-refractivity contribution in [1.29, 1.82) is 0 Å². The van der Waals surface area contributed by atoms with Crippen LogP contribution in [0.15, 0.2) is 48.7 Å². The number of nitrogens with zero attached hydrogens (tertiary/aromatic N) is 2. The second-order valence-electron chi connectivity index (χ2n) is 4.05. The minimum absolute atomic E-state index is 0.0309. The summed E-state index contributed by atoms with van der Waals surface area (Å²) in [4.78, 5) is 13.9. The van der Waals surface area contributed by atoms with E-state index in [0.717, 1.165) is 12.8 Å². The molecule has 1 aromatic carbocycles. The molecule has 0 unspecified atom stereocenters. The molecule has 0 aliphatic carbocycles. The lowest BCUT2D eigenvalue weighted by Crippen LogP contribution is -2.01. The molecule has 1 aromatic heterocycles. The van der Waals surface area contributed by atoms with Gasteiger partial charge in [-0.05, 0) is 18.4 Å². The zero-order chi connectivity index (χ0) is 13.5. The first-order valence-corrected chi connectivity index (χ1v) is 6.03. The fourth-order valence-corrected chi connectivity index (χ4v) is 1.66. The first-order valence-electron chi connectivity index (χ1n) is 6.03. The third-order valence-electron chi connectivity index (χ3n) is 2.63. The standard InChI is InChI=1S/C14H14N2O3/c17-16(18)13-8-9-14(15-11-13)19-10-4-7-12-5-2-1-3-6-12/h1-3,5-6,8-9,11H,4,7,10H2. The molecule has 98 valence electrons. The summed E-state index contributed by atoms with van der Waals surface area (Å²) in [6, 6.07) is 13.1. The molecule has 5 heteroatoms. The number of hydrogen-bond donors (Lipinski definition) is 0. The third kappa shape index (κ3) is 4.06. The average Bonchev–Trinajstić information content (AvgIpc) is 2.45. The molecule has 0 N–H and O–H groups in total. The van der Waals surface area contributed by atoms with Crippen LogP contribution in [0.2, 0.25) is 0 Å². The van der Waals surface area contributed by atoms with E-state index in [-0.39, 0.29) is 5.69 Å². The van der Waals surface area contributed by atoms with E-state index in [9.17, 15) is 10.1 Å². The Morgan fingerprint density at radius 1 is 1.16 bits per heavy atom. The lowest BCUT2D eigenvalue weighted by molar-refractivity contribution is -0.385. The molecule has 0 fully saturated rings. The van der Waals surface area contributed by atoms with E-state index in [1.807, 2.05) is 18.2 Å². The van der Waals surface area contributed by atoms with Gasteiger partial charge < -0.3 is 4.74 Å². The van der Waals surface area contributed by atoms with Gasteiger partial charge in [-0.3, -0.25) is 10.1 Å². The van der Waals surface area contributed by atoms with Gasteiger partial charge in [0.25, 0.3) is 5.69 Å². The summed E-state index contributed by atoms with van der Waals surface area (Å²) in [6.07, 6.45) is 3.02. The molecule has 0 radical (unpaired) electrons. The zero-order valence-corrected chi connectivity index (χ0v) is 10.4. The van der Waals surface area contributed by atoms with Crippen molar-refractivity contribution >= 4 is 5.69 Å². The normalized spacial score (nSPS) is 10.1. The summed E-state index contributed by atoms with van der Waals surface area (Å²) in [5.41, 5.74) is 1.24.